The van der Waals surface area contributed by atoms with Gasteiger partial charge in [0.15, 0.2) is 0 Å². The second-order valence-electron chi connectivity index (χ2n) is 9.64. The molecule has 0 aliphatic carbocycles. The highest BCUT2D eigenvalue weighted by Crippen LogP contribution is 2.40. The SMILES string of the molecule is CC(=O)Nc1ccc(NC(=O)CN2C(=O)[C@@H]3CCCCN3c3ccc(C(=O)N4CCCC4)cc32)cc1. The predicted octanol–water partition coefficient (Wildman–Crippen LogP) is 3.23. The van der Waals surface area contributed by atoms with Crippen LogP contribution in [0, 0.1) is 0 Å². The molecule has 5 rings (SSSR count). The third-order valence-electron chi connectivity index (χ3n) is 7.06. The summed E-state index contributed by atoms with van der Waals surface area (Å²) in [4.78, 5) is 56.4. The zero-order chi connectivity index (χ0) is 25.2. The molecule has 0 saturated carbocycles. The highest BCUT2D eigenvalue weighted by atomic mass is 16.2. The molecule has 2 saturated heterocycles. The van der Waals surface area contributed by atoms with E-state index in [1.54, 1.807) is 30.3 Å². The van der Waals surface area contributed by atoms with E-state index in [4.69, 9.17) is 0 Å². The Kier molecular flexibility index (Phi) is 6.63. The molecule has 3 aliphatic heterocycles. The van der Waals surface area contributed by atoms with Crippen LogP contribution >= 0.6 is 0 Å². The van der Waals surface area contributed by atoms with Gasteiger partial charge in [0.1, 0.15) is 12.6 Å². The number of carbonyl (C=O) groups is 4. The third kappa shape index (κ3) is 4.78. The Morgan fingerprint density at radius 1 is 0.861 bits per heavy atom. The van der Waals surface area contributed by atoms with Crippen molar-refractivity contribution in [3.8, 4) is 0 Å². The molecule has 9 nitrogen and oxygen atoms in total. The number of rotatable bonds is 5. The molecule has 3 heterocycles. The van der Waals surface area contributed by atoms with Crippen LogP contribution in [0.2, 0.25) is 0 Å². The maximum absolute atomic E-state index is 13.6. The summed E-state index contributed by atoms with van der Waals surface area (Å²) in [6, 6.07) is 12.0. The Hall–Kier alpha value is -3.88. The largest absolute Gasteiger partial charge is 0.358 e. The van der Waals surface area contributed by atoms with E-state index in [2.05, 4.69) is 15.5 Å². The Bertz CT molecular complexity index is 1190. The van der Waals surface area contributed by atoms with Gasteiger partial charge in [-0.25, -0.2) is 0 Å². The van der Waals surface area contributed by atoms with Crippen LogP contribution < -0.4 is 20.4 Å². The van der Waals surface area contributed by atoms with Gasteiger partial charge >= 0.3 is 0 Å². The van der Waals surface area contributed by atoms with E-state index in [0.29, 0.717) is 22.6 Å². The van der Waals surface area contributed by atoms with Crippen LogP contribution in [0.25, 0.3) is 0 Å². The van der Waals surface area contributed by atoms with Crippen molar-refractivity contribution in [2.45, 2.75) is 45.1 Å². The molecular weight excluding hydrogens is 458 g/mol. The molecule has 2 N–H and O–H groups in total. The van der Waals surface area contributed by atoms with Crippen LogP contribution in [0.5, 0.6) is 0 Å². The Balaban J connectivity index is 1.39. The monoisotopic (exact) mass is 489 g/mol. The van der Waals surface area contributed by atoms with Gasteiger partial charge in [0.2, 0.25) is 17.7 Å². The van der Waals surface area contributed by atoms with E-state index in [-0.39, 0.29) is 36.2 Å². The molecule has 4 amide bonds. The van der Waals surface area contributed by atoms with Gasteiger partial charge in [-0.15, -0.1) is 0 Å². The lowest BCUT2D eigenvalue weighted by Crippen LogP contribution is -2.56. The highest BCUT2D eigenvalue weighted by Gasteiger charge is 2.40. The maximum atomic E-state index is 13.6. The van der Waals surface area contributed by atoms with Crippen LogP contribution in [0.4, 0.5) is 22.7 Å². The number of amides is 4. The number of likely N-dealkylation sites (tertiary alicyclic amines) is 1. The van der Waals surface area contributed by atoms with Gasteiger partial charge in [-0.05, 0) is 74.6 Å². The van der Waals surface area contributed by atoms with E-state index in [0.717, 1.165) is 57.4 Å². The smallest absolute Gasteiger partial charge is 0.253 e. The number of fused-ring (bicyclic) bond motifs is 3. The fraction of sp³-hybridized carbons (Fsp3) is 0.407. The summed E-state index contributed by atoms with van der Waals surface area (Å²) in [5.41, 5.74) is 3.24. The third-order valence-corrected chi connectivity index (χ3v) is 7.06. The van der Waals surface area contributed by atoms with Gasteiger partial charge in [-0.1, -0.05) is 0 Å². The lowest BCUT2D eigenvalue weighted by atomic mass is 9.95. The van der Waals surface area contributed by atoms with Gasteiger partial charge in [0.25, 0.3) is 5.91 Å². The summed E-state index contributed by atoms with van der Waals surface area (Å²) >= 11 is 0. The number of hydrogen-bond acceptors (Lipinski definition) is 5. The average Bonchev–Trinajstić information content (AvgIpc) is 3.42. The first-order chi connectivity index (χ1) is 17.4. The first kappa shape index (κ1) is 23.8. The highest BCUT2D eigenvalue weighted by molar-refractivity contribution is 6.11. The van der Waals surface area contributed by atoms with Crippen molar-refractivity contribution in [2.75, 3.05) is 46.6 Å². The Morgan fingerprint density at radius 2 is 1.53 bits per heavy atom. The van der Waals surface area contributed by atoms with Crippen LogP contribution in [-0.2, 0) is 14.4 Å². The van der Waals surface area contributed by atoms with E-state index in [9.17, 15) is 19.2 Å². The summed E-state index contributed by atoms with van der Waals surface area (Å²) in [7, 11) is 0. The lowest BCUT2D eigenvalue weighted by molar-refractivity contribution is -0.123. The summed E-state index contributed by atoms with van der Waals surface area (Å²) in [5.74, 6) is -0.646. The number of piperidine rings is 1. The number of hydrogen-bond donors (Lipinski definition) is 2. The first-order valence-corrected chi connectivity index (χ1v) is 12.6. The number of benzene rings is 2. The van der Waals surface area contributed by atoms with Crippen molar-refractivity contribution in [3.63, 3.8) is 0 Å². The molecule has 9 heteroatoms. The Labute approximate surface area is 210 Å². The van der Waals surface area contributed by atoms with Gasteiger partial charge in [-0.2, -0.15) is 0 Å². The van der Waals surface area contributed by atoms with Crippen molar-refractivity contribution in [1.29, 1.82) is 0 Å². The van der Waals surface area contributed by atoms with E-state index >= 15 is 0 Å². The molecule has 0 bridgehead atoms. The second kappa shape index (κ2) is 10.0. The molecule has 0 spiro atoms. The first-order valence-electron chi connectivity index (χ1n) is 12.6. The molecule has 2 fully saturated rings. The maximum Gasteiger partial charge on any atom is 0.253 e. The van der Waals surface area contributed by atoms with Gasteiger partial charge in [0.05, 0.1) is 11.4 Å². The lowest BCUT2D eigenvalue weighted by Gasteiger charge is -2.45. The molecule has 3 aliphatic rings. The number of nitrogens with zero attached hydrogens (tertiary/aromatic N) is 3. The quantitative estimate of drug-likeness (QED) is 0.672. The minimum atomic E-state index is -0.331. The number of nitrogens with one attached hydrogen (secondary N) is 2. The normalized spacial score (nSPS) is 19.0. The van der Waals surface area contributed by atoms with Gasteiger partial charge in [-0.3, -0.25) is 24.1 Å². The molecular formula is C27H31N5O4. The van der Waals surface area contributed by atoms with Gasteiger partial charge < -0.3 is 20.4 Å². The molecule has 2 aromatic rings. The molecule has 0 aromatic heterocycles. The fourth-order valence-corrected chi connectivity index (χ4v) is 5.34. The van der Waals surface area contributed by atoms with Crippen molar-refractivity contribution < 1.29 is 19.2 Å². The van der Waals surface area contributed by atoms with Crippen LogP contribution in [0.15, 0.2) is 42.5 Å². The molecule has 0 unspecified atom stereocenters. The van der Waals surface area contributed by atoms with Crippen molar-refractivity contribution in [3.05, 3.63) is 48.0 Å². The molecule has 1 atom stereocenters. The summed E-state index contributed by atoms with van der Waals surface area (Å²) in [6.07, 6.45) is 4.72. The van der Waals surface area contributed by atoms with Crippen LogP contribution in [0.3, 0.4) is 0 Å². The van der Waals surface area contributed by atoms with Crippen molar-refractivity contribution >= 4 is 46.4 Å². The van der Waals surface area contributed by atoms with Crippen molar-refractivity contribution in [1.82, 2.24) is 4.90 Å². The molecule has 36 heavy (non-hydrogen) atoms. The molecule has 188 valence electrons. The van der Waals surface area contributed by atoms with E-state index in [1.807, 2.05) is 17.0 Å². The minimum Gasteiger partial charge on any atom is -0.358 e. The minimum absolute atomic E-state index is 0.0350. The Morgan fingerprint density at radius 3 is 2.22 bits per heavy atom. The van der Waals surface area contributed by atoms with E-state index < -0.39 is 0 Å². The summed E-state index contributed by atoms with van der Waals surface area (Å²) in [6.45, 7) is 3.56. The fourth-order valence-electron chi connectivity index (χ4n) is 5.34. The topological polar surface area (TPSA) is 102 Å². The van der Waals surface area contributed by atoms with Crippen LogP contribution in [0.1, 0.15) is 49.4 Å². The number of carbonyl (C=O) groups excluding carboxylic acids is 4. The number of anilines is 4. The van der Waals surface area contributed by atoms with Gasteiger partial charge in [0, 0.05) is 43.5 Å². The zero-order valence-electron chi connectivity index (χ0n) is 20.5. The molecule has 0 radical (unpaired) electrons. The zero-order valence-corrected chi connectivity index (χ0v) is 20.5. The average molecular weight is 490 g/mol. The van der Waals surface area contributed by atoms with E-state index in [1.165, 1.54) is 11.8 Å². The van der Waals surface area contributed by atoms with Crippen molar-refractivity contribution in [2.24, 2.45) is 0 Å². The second-order valence-corrected chi connectivity index (χ2v) is 9.64. The summed E-state index contributed by atoms with van der Waals surface area (Å²) in [5, 5.41) is 5.53. The van der Waals surface area contributed by atoms with Crippen LogP contribution in [-0.4, -0.2) is 60.7 Å². The molecule has 2 aromatic carbocycles. The predicted molar refractivity (Wildman–Crippen MR) is 138 cm³/mol. The standard InChI is InChI=1S/C27H31N5O4/c1-18(33)28-20-8-10-21(11-9-20)29-25(34)17-32-24-16-19(26(35)30-13-4-5-14-30)7-12-22(24)31-15-3-2-6-23(31)27(32)36/h7-12,16,23H,2-6,13-15,17H2,1H3,(H,28,33)(H,29,34)/t23-/m0/s1. The summed E-state index contributed by atoms with van der Waals surface area (Å²) < 4.78 is 0.